The van der Waals surface area contributed by atoms with Gasteiger partial charge in [-0.15, -0.1) is 0 Å². The van der Waals surface area contributed by atoms with Crippen molar-refractivity contribution in [1.82, 2.24) is 4.90 Å². The average molecular weight is 214 g/mol. The molecule has 0 bridgehead atoms. The molecule has 1 saturated heterocycles. The number of likely N-dealkylation sites (tertiary alicyclic amines) is 1. The Bertz CT molecular complexity index is 288. The molecule has 0 atom stereocenters. The van der Waals surface area contributed by atoms with E-state index in [0.717, 1.165) is 0 Å². The molecule has 0 saturated carbocycles. The first-order chi connectivity index (χ1) is 6.64. The number of hydrogen-bond donors (Lipinski definition) is 1. The number of rotatable bonds is 1. The van der Waals surface area contributed by atoms with Crippen LogP contribution in [0, 0.1) is 5.41 Å². The molecular weight excluding hydrogens is 196 g/mol. The SMILES string of the molecule is CC(C)(C)OC(=O)N1CC(C)(C(N)=O)C1. The number of primary amides is 1. The molecule has 0 aliphatic carbocycles. The molecule has 0 spiro atoms. The van der Waals surface area contributed by atoms with Crippen molar-refractivity contribution in [2.24, 2.45) is 11.1 Å². The Labute approximate surface area is 89.6 Å². The van der Waals surface area contributed by atoms with Crippen molar-refractivity contribution >= 4 is 12.0 Å². The molecule has 2 amide bonds. The molecule has 0 radical (unpaired) electrons. The Hall–Kier alpha value is -1.26. The van der Waals surface area contributed by atoms with Crippen LogP contribution < -0.4 is 5.73 Å². The zero-order valence-electron chi connectivity index (χ0n) is 9.66. The number of hydrogen-bond acceptors (Lipinski definition) is 3. The number of amides is 2. The van der Waals surface area contributed by atoms with Crippen molar-refractivity contribution in [2.75, 3.05) is 13.1 Å². The molecule has 1 fully saturated rings. The normalized spacial score (nSPS) is 19.3. The van der Waals surface area contributed by atoms with Gasteiger partial charge in [-0.05, 0) is 27.7 Å². The molecule has 1 aliphatic rings. The Kier molecular flexibility index (Phi) is 2.67. The predicted octanol–water partition coefficient (Wildman–Crippen LogP) is 0.729. The van der Waals surface area contributed by atoms with E-state index in [1.54, 1.807) is 27.7 Å². The van der Waals surface area contributed by atoms with Crippen LogP contribution in [0.15, 0.2) is 0 Å². The van der Waals surface area contributed by atoms with Gasteiger partial charge in [0, 0.05) is 13.1 Å². The second-order valence-electron chi connectivity index (χ2n) is 5.26. The molecule has 86 valence electrons. The summed E-state index contributed by atoms with van der Waals surface area (Å²) in [5.41, 5.74) is 4.11. The van der Waals surface area contributed by atoms with E-state index < -0.39 is 11.0 Å². The minimum Gasteiger partial charge on any atom is -0.444 e. The summed E-state index contributed by atoms with van der Waals surface area (Å²) in [6.45, 7) is 7.85. The highest BCUT2D eigenvalue weighted by Gasteiger charge is 2.47. The van der Waals surface area contributed by atoms with E-state index in [9.17, 15) is 9.59 Å². The molecule has 5 heteroatoms. The molecule has 0 aromatic rings. The second-order valence-corrected chi connectivity index (χ2v) is 5.26. The van der Waals surface area contributed by atoms with E-state index in [4.69, 9.17) is 10.5 Å². The van der Waals surface area contributed by atoms with E-state index in [-0.39, 0.29) is 12.0 Å². The van der Waals surface area contributed by atoms with Gasteiger partial charge < -0.3 is 15.4 Å². The first-order valence-electron chi connectivity index (χ1n) is 4.92. The maximum Gasteiger partial charge on any atom is 0.410 e. The topological polar surface area (TPSA) is 72.6 Å². The third kappa shape index (κ3) is 2.61. The highest BCUT2D eigenvalue weighted by molar-refractivity contribution is 5.84. The van der Waals surface area contributed by atoms with Crippen molar-refractivity contribution in [1.29, 1.82) is 0 Å². The number of nitrogens with zero attached hydrogens (tertiary/aromatic N) is 1. The largest absolute Gasteiger partial charge is 0.444 e. The van der Waals surface area contributed by atoms with Gasteiger partial charge in [0.2, 0.25) is 5.91 Å². The quantitative estimate of drug-likeness (QED) is 0.699. The van der Waals surface area contributed by atoms with Gasteiger partial charge in [0.1, 0.15) is 5.60 Å². The summed E-state index contributed by atoms with van der Waals surface area (Å²) < 4.78 is 5.15. The van der Waals surface area contributed by atoms with E-state index in [0.29, 0.717) is 13.1 Å². The van der Waals surface area contributed by atoms with Gasteiger partial charge >= 0.3 is 6.09 Å². The second kappa shape index (κ2) is 3.40. The minimum absolute atomic E-state index is 0.344. The smallest absolute Gasteiger partial charge is 0.410 e. The van der Waals surface area contributed by atoms with Crippen LogP contribution in [0.3, 0.4) is 0 Å². The van der Waals surface area contributed by atoms with Crippen molar-refractivity contribution in [3.05, 3.63) is 0 Å². The van der Waals surface area contributed by atoms with Gasteiger partial charge in [0.25, 0.3) is 0 Å². The number of ether oxygens (including phenoxy) is 1. The summed E-state index contributed by atoms with van der Waals surface area (Å²) in [5.74, 6) is -0.373. The average Bonchev–Trinajstić information content (AvgIpc) is 1.94. The summed E-state index contributed by atoms with van der Waals surface area (Å²) in [7, 11) is 0. The lowest BCUT2D eigenvalue weighted by Crippen LogP contribution is -2.62. The van der Waals surface area contributed by atoms with E-state index in [2.05, 4.69) is 0 Å². The standard InChI is InChI=1S/C10H18N2O3/c1-9(2,3)15-8(14)12-5-10(4,6-12)7(11)13/h5-6H2,1-4H3,(H2,11,13). The number of nitrogens with two attached hydrogens (primary N) is 1. The maximum atomic E-state index is 11.5. The van der Waals surface area contributed by atoms with Crippen LogP contribution in [0.5, 0.6) is 0 Å². The van der Waals surface area contributed by atoms with Crippen LogP contribution in [0.2, 0.25) is 0 Å². The van der Waals surface area contributed by atoms with Crippen LogP contribution in [-0.4, -0.2) is 35.6 Å². The molecular formula is C10H18N2O3. The Morgan fingerprint density at radius 1 is 1.33 bits per heavy atom. The third-order valence-corrected chi connectivity index (χ3v) is 2.33. The van der Waals surface area contributed by atoms with Gasteiger partial charge in [-0.1, -0.05) is 0 Å². The fraction of sp³-hybridized carbons (Fsp3) is 0.800. The molecule has 2 N–H and O–H groups in total. The van der Waals surface area contributed by atoms with Crippen molar-refractivity contribution < 1.29 is 14.3 Å². The Morgan fingerprint density at radius 2 is 1.80 bits per heavy atom. The molecule has 15 heavy (non-hydrogen) atoms. The zero-order valence-corrected chi connectivity index (χ0v) is 9.66. The summed E-state index contributed by atoms with van der Waals surface area (Å²) >= 11 is 0. The maximum absolute atomic E-state index is 11.5. The van der Waals surface area contributed by atoms with Crippen molar-refractivity contribution in [3.63, 3.8) is 0 Å². The lowest BCUT2D eigenvalue weighted by molar-refractivity contribution is -0.135. The van der Waals surface area contributed by atoms with Gasteiger partial charge in [-0.3, -0.25) is 4.79 Å². The third-order valence-electron chi connectivity index (χ3n) is 2.33. The Balaban J connectivity index is 2.46. The van der Waals surface area contributed by atoms with Crippen molar-refractivity contribution in [2.45, 2.75) is 33.3 Å². The van der Waals surface area contributed by atoms with Gasteiger partial charge in [-0.25, -0.2) is 4.79 Å². The molecule has 1 rings (SSSR count). The van der Waals surface area contributed by atoms with Crippen LogP contribution in [0.1, 0.15) is 27.7 Å². The number of carbonyl (C=O) groups is 2. The fourth-order valence-corrected chi connectivity index (χ4v) is 1.41. The summed E-state index contributed by atoms with van der Waals surface area (Å²) in [6.07, 6.45) is -0.388. The summed E-state index contributed by atoms with van der Waals surface area (Å²) in [6, 6.07) is 0. The van der Waals surface area contributed by atoms with Crippen molar-refractivity contribution in [3.8, 4) is 0 Å². The monoisotopic (exact) mass is 214 g/mol. The van der Waals surface area contributed by atoms with Gasteiger partial charge in [0.15, 0.2) is 0 Å². The van der Waals surface area contributed by atoms with Crippen LogP contribution in [0.25, 0.3) is 0 Å². The zero-order chi connectivity index (χ0) is 11.9. The van der Waals surface area contributed by atoms with E-state index in [1.165, 1.54) is 4.90 Å². The molecule has 0 aromatic carbocycles. The first kappa shape index (κ1) is 11.8. The first-order valence-corrected chi connectivity index (χ1v) is 4.92. The summed E-state index contributed by atoms with van der Waals surface area (Å²) in [5, 5.41) is 0. The van der Waals surface area contributed by atoms with E-state index >= 15 is 0 Å². The van der Waals surface area contributed by atoms with Gasteiger partial charge in [0.05, 0.1) is 5.41 Å². The van der Waals surface area contributed by atoms with Crippen LogP contribution in [0.4, 0.5) is 4.79 Å². The Morgan fingerprint density at radius 3 is 2.13 bits per heavy atom. The molecule has 5 nitrogen and oxygen atoms in total. The van der Waals surface area contributed by atoms with Crippen LogP contribution in [-0.2, 0) is 9.53 Å². The molecule has 1 aliphatic heterocycles. The highest BCUT2D eigenvalue weighted by atomic mass is 16.6. The highest BCUT2D eigenvalue weighted by Crippen LogP contribution is 2.30. The lowest BCUT2D eigenvalue weighted by Gasteiger charge is -2.45. The number of carbonyl (C=O) groups excluding carboxylic acids is 2. The van der Waals surface area contributed by atoms with Crippen LogP contribution >= 0.6 is 0 Å². The van der Waals surface area contributed by atoms with E-state index in [1.807, 2.05) is 0 Å². The molecule has 0 aromatic heterocycles. The predicted molar refractivity (Wildman–Crippen MR) is 55.1 cm³/mol. The van der Waals surface area contributed by atoms with Gasteiger partial charge in [-0.2, -0.15) is 0 Å². The lowest BCUT2D eigenvalue weighted by atomic mass is 9.82. The molecule has 1 heterocycles. The minimum atomic E-state index is -0.586. The molecule has 0 unspecified atom stereocenters. The summed E-state index contributed by atoms with van der Waals surface area (Å²) in [4.78, 5) is 24.0. The fourth-order valence-electron chi connectivity index (χ4n) is 1.41.